The van der Waals surface area contributed by atoms with Crippen molar-refractivity contribution in [2.24, 2.45) is 0 Å². The summed E-state index contributed by atoms with van der Waals surface area (Å²) in [5.41, 5.74) is 1.04. The van der Waals surface area contributed by atoms with Crippen LogP contribution in [-0.4, -0.2) is 30.6 Å². The van der Waals surface area contributed by atoms with Gasteiger partial charge in [0, 0.05) is 12.5 Å². The van der Waals surface area contributed by atoms with Gasteiger partial charge in [0.2, 0.25) is 0 Å². The van der Waals surface area contributed by atoms with E-state index >= 15 is 0 Å². The molecular formula is C15H17ClN2O2. The Kier molecular flexibility index (Phi) is 4.93. The van der Waals surface area contributed by atoms with Crippen molar-refractivity contribution in [3.05, 3.63) is 41.0 Å². The van der Waals surface area contributed by atoms with E-state index in [0.29, 0.717) is 22.8 Å². The zero-order valence-electron chi connectivity index (χ0n) is 11.5. The highest BCUT2D eigenvalue weighted by Crippen LogP contribution is 2.22. The quantitative estimate of drug-likeness (QED) is 0.921. The molecular weight excluding hydrogens is 276 g/mol. The largest absolute Gasteiger partial charge is 0.383 e. The highest BCUT2D eigenvalue weighted by molar-refractivity contribution is 6.35. The summed E-state index contributed by atoms with van der Waals surface area (Å²) >= 11 is 6.19. The number of benzene rings is 1. The van der Waals surface area contributed by atoms with Gasteiger partial charge in [0.05, 0.1) is 23.2 Å². The van der Waals surface area contributed by atoms with Crippen molar-refractivity contribution in [3.63, 3.8) is 0 Å². The topological polar surface area (TPSA) is 51.2 Å². The number of para-hydroxylation sites is 1. The van der Waals surface area contributed by atoms with Gasteiger partial charge < -0.3 is 10.1 Å². The van der Waals surface area contributed by atoms with E-state index in [2.05, 4.69) is 10.3 Å². The molecule has 0 bridgehead atoms. The van der Waals surface area contributed by atoms with Crippen LogP contribution in [0.5, 0.6) is 0 Å². The van der Waals surface area contributed by atoms with Gasteiger partial charge >= 0.3 is 0 Å². The number of ether oxygens (including phenoxy) is 1. The van der Waals surface area contributed by atoms with Crippen molar-refractivity contribution in [2.75, 3.05) is 13.7 Å². The van der Waals surface area contributed by atoms with E-state index in [9.17, 15) is 4.79 Å². The van der Waals surface area contributed by atoms with Crippen LogP contribution in [0.15, 0.2) is 30.3 Å². The van der Waals surface area contributed by atoms with E-state index in [-0.39, 0.29) is 11.9 Å². The van der Waals surface area contributed by atoms with Crippen molar-refractivity contribution in [2.45, 2.75) is 19.4 Å². The van der Waals surface area contributed by atoms with Gasteiger partial charge in [-0.3, -0.25) is 4.79 Å². The maximum Gasteiger partial charge on any atom is 0.270 e. The highest BCUT2D eigenvalue weighted by Gasteiger charge is 2.15. The first-order valence-electron chi connectivity index (χ1n) is 6.50. The third kappa shape index (κ3) is 3.26. The van der Waals surface area contributed by atoms with Gasteiger partial charge in [-0.05, 0) is 18.6 Å². The first-order valence-corrected chi connectivity index (χ1v) is 6.88. The lowest BCUT2D eigenvalue weighted by Crippen LogP contribution is -2.37. The Morgan fingerprint density at radius 2 is 2.20 bits per heavy atom. The molecule has 1 atom stereocenters. The lowest BCUT2D eigenvalue weighted by atomic mass is 10.2. The van der Waals surface area contributed by atoms with Crippen molar-refractivity contribution < 1.29 is 9.53 Å². The van der Waals surface area contributed by atoms with Gasteiger partial charge in [-0.1, -0.05) is 36.7 Å². The van der Waals surface area contributed by atoms with Crippen molar-refractivity contribution in [1.82, 2.24) is 10.3 Å². The molecule has 0 fully saturated rings. The molecule has 2 aromatic rings. The Labute approximate surface area is 123 Å². The van der Waals surface area contributed by atoms with Crippen LogP contribution in [0.1, 0.15) is 23.8 Å². The fourth-order valence-electron chi connectivity index (χ4n) is 1.97. The standard InChI is InChI=1S/C15H17ClN2O2/c1-3-10(9-20-2)17-15(19)14-8-12(16)11-6-4-5-7-13(11)18-14/h4-8,10H,3,9H2,1-2H3,(H,17,19). The molecule has 1 N–H and O–H groups in total. The molecule has 20 heavy (non-hydrogen) atoms. The van der Waals surface area contributed by atoms with Crippen molar-refractivity contribution in [3.8, 4) is 0 Å². The number of pyridine rings is 1. The average molecular weight is 293 g/mol. The lowest BCUT2D eigenvalue weighted by molar-refractivity contribution is 0.0890. The molecule has 0 radical (unpaired) electrons. The minimum atomic E-state index is -0.235. The number of hydrogen-bond acceptors (Lipinski definition) is 3. The summed E-state index contributed by atoms with van der Waals surface area (Å²) < 4.78 is 5.06. The molecule has 4 nitrogen and oxygen atoms in total. The van der Waals surface area contributed by atoms with Crippen LogP contribution in [0.2, 0.25) is 5.02 Å². The van der Waals surface area contributed by atoms with Crippen LogP contribution in [-0.2, 0) is 4.74 Å². The maximum atomic E-state index is 12.2. The smallest absolute Gasteiger partial charge is 0.270 e. The molecule has 0 aliphatic heterocycles. The van der Waals surface area contributed by atoms with E-state index in [0.717, 1.165) is 11.8 Å². The first-order chi connectivity index (χ1) is 9.65. The fourth-order valence-corrected chi connectivity index (χ4v) is 2.23. The molecule has 1 unspecified atom stereocenters. The Hall–Kier alpha value is -1.65. The SMILES string of the molecule is CCC(COC)NC(=O)c1cc(Cl)c2ccccc2n1. The molecule has 2 rings (SSSR count). The lowest BCUT2D eigenvalue weighted by Gasteiger charge is -2.15. The van der Waals surface area contributed by atoms with Crippen LogP contribution < -0.4 is 5.32 Å². The summed E-state index contributed by atoms with van der Waals surface area (Å²) in [4.78, 5) is 16.5. The Morgan fingerprint density at radius 3 is 2.90 bits per heavy atom. The molecule has 1 aromatic heterocycles. The summed E-state index contributed by atoms with van der Waals surface area (Å²) in [5, 5.41) is 4.26. The van der Waals surface area contributed by atoms with Gasteiger partial charge in [0.15, 0.2) is 0 Å². The Bertz CT molecular complexity index is 616. The van der Waals surface area contributed by atoms with Crippen LogP contribution >= 0.6 is 11.6 Å². The highest BCUT2D eigenvalue weighted by atomic mass is 35.5. The summed E-state index contributed by atoms with van der Waals surface area (Å²) in [5.74, 6) is -0.235. The zero-order chi connectivity index (χ0) is 14.5. The van der Waals surface area contributed by atoms with Gasteiger partial charge in [-0.25, -0.2) is 4.98 Å². The van der Waals surface area contributed by atoms with E-state index < -0.39 is 0 Å². The summed E-state index contributed by atoms with van der Waals surface area (Å²) in [6.07, 6.45) is 0.793. The Morgan fingerprint density at radius 1 is 1.45 bits per heavy atom. The average Bonchev–Trinajstić information content (AvgIpc) is 2.46. The van der Waals surface area contributed by atoms with Crippen LogP contribution in [0.4, 0.5) is 0 Å². The van der Waals surface area contributed by atoms with E-state index in [1.54, 1.807) is 13.2 Å². The minimum Gasteiger partial charge on any atom is -0.383 e. The number of carbonyl (C=O) groups excluding carboxylic acids is 1. The molecule has 1 amide bonds. The summed E-state index contributed by atoms with van der Waals surface area (Å²) in [7, 11) is 1.61. The van der Waals surface area contributed by atoms with Gasteiger partial charge in [0.1, 0.15) is 5.69 Å². The van der Waals surface area contributed by atoms with Gasteiger partial charge in [0.25, 0.3) is 5.91 Å². The van der Waals surface area contributed by atoms with Crippen LogP contribution in [0.3, 0.4) is 0 Å². The molecule has 106 valence electrons. The number of fused-ring (bicyclic) bond motifs is 1. The molecule has 0 aliphatic carbocycles. The predicted molar refractivity (Wildman–Crippen MR) is 80.2 cm³/mol. The maximum absolute atomic E-state index is 12.2. The van der Waals surface area contributed by atoms with E-state index in [1.807, 2.05) is 31.2 Å². The van der Waals surface area contributed by atoms with E-state index in [4.69, 9.17) is 16.3 Å². The number of aromatic nitrogens is 1. The number of rotatable bonds is 5. The third-order valence-corrected chi connectivity index (χ3v) is 3.41. The van der Waals surface area contributed by atoms with Crippen molar-refractivity contribution in [1.29, 1.82) is 0 Å². The second-order valence-corrected chi connectivity index (χ2v) is 4.95. The number of nitrogens with zero attached hydrogens (tertiary/aromatic N) is 1. The minimum absolute atomic E-state index is 0.0282. The second-order valence-electron chi connectivity index (χ2n) is 4.54. The van der Waals surface area contributed by atoms with Crippen LogP contribution in [0.25, 0.3) is 10.9 Å². The number of carbonyl (C=O) groups is 1. The zero-order valence-corrected chi connectivity index (χ0v) is 12.3. The second kappa shape index (κ2) is 6.68. The molecule has 1 aromatic carbocycles. The van der Waals surface area contributed by atoms with Crippen molar-refractivity contribution >= 4 is 28.4 Å². The monoisotopic (exact) mass is 292 g/mol. The normalized spacial score (nSPS) is 12.3. The fraction of sp³-hybridized carbons (Fsp3) is 0.333. The number of hydrogen-bond donors (Lipinski definition) is 1. The molecule has 0 aliphatic rings. The number of amides is 1. The number of nitrogens with one attached hydrogen (secondary N) is 1. The summed E-state index contributed by atoms with van der Waals surface area (Å²) in [6, 6.07) is 9.04. The molecule has 0 spiro atoms. The van der Waals surface area contributed by atoms with Gasteiger partial charge in [-0.2, -0.15) is 0 Å². The number of methoxy groups -OCH3 is 1. The predicted octanol–water partition coefficient (Wildman–Crippen LogP) is 3.04. The van der Waals surface area contributed by atoms with E-state index in [1.165, 1.54) is 0 Å². The molecule has 1 heterocycles. The molecule has 0 saturated heterocycles. The first kappa shape index (κ1) is 14.8. The number of halogens is 1. The Balaban J connectivity index is 2.26. The third-order valence-electron chi connectivity index (χ3n) is 3.09. The summed E-state index contributed by atoms with van der Waals surface area (Å²) in [6.45, 7) is 2.47. The molecule has 5 heteroatoms. The van der Waals surface area contributed by atoms with Gasteiger partial charge in [-0.15, -0.1) is 0 Å². The van der Waals surface area contributed by atoms with Crippen LogP contribution in [0, 0.1) is 0 Å². The molecule has 0 saturated carbocycles.